The number of hydrogen-bond acceptors (Lipinski definition) is 2. The smallest absolute Gasteiger partial charge is 0.124 e. The molecule has 2 nitrogen and oxygen atoms in total. The number of aliphatic hydroxyl groups excluding tert-OH is 1. The molecule has 0 aromatic heterocycles. The zero-order chi connectivity index (χ0) is 12.8. The first-order valence-corrected chi connectivity index (χ1v) is 6.23. The minimum Gasteiger partial charge on any atom is -0.493 e. The molecule has 0 aliphatic carbocycles. The summed E-state index contributed by atoms with van der Waals surface area (Å²) in [5.41, 5.74) is 1.95. The van der Waals surface area contributed by atoms with E-state index in [9.17, 15) is 5.11 Å². The molecule has 0 unspecified atom stereocenters. The number of hydrogen-bond donors (Lipinski definition) is 1. The summed E-state index contributed by atoms with van der Waals surface area (Å²) in [6, 6.07) is 15.4. The van der Waals surface area contributed by atoms with Crippen LogP contribution in [0.3, 0.4) is 0 Å². The van der Waals surface area contributed by atoms with E-state index < -0.39 is 0 Å². The molecule has 1 N–H and O–H groups in total. The van der Waals surface area contributed by atoms with Gasteiger partial charge in [-0.05, 0) is 23.8 Å². The second-order valence-corrected chi connectivity index (χ2v) is 4.43. The van der Waals surface area contributed by atoms with Crippen LogP contribution in [0.25, 0.3) is 0 Å². The average Bonchev–Trinajstić information content (AvgIpc) is 2.41. The van der Waals surface area contributed by atoms with Crippen LogP contribution in [0, 0.1) is 0 Å². The van der Waals surface area contributed by atoms with Crippen LogP contribution in [-0.2, 0) is 13.0 Å². The third kappa shape index (κ3) is 3.49. The van der Waals surface area contributed by atoms with Crippen molar-refractivity contribution in [2.24, 2.45) is 0 Å². The van der Waals surface area contributed by atoms with Crippen molar-refractivity contribution in [1.29, 1.82) is 0 Å². The van der Waals surface area contributed by atoms with Crippen molar-refractivity contribution in [3.05, 3.63) is 64.7 Å². The van der Waals surface area contributed by atoms with Gasteiger partial charge in [0.1, 0.15) is 5.75 Å². The fourth-order valence-electron chi connectivity index (χ4n) is 1.74. The zero-order valence-corrected chi connectivity index (χ0v) is 10.7. The maximum atomic E-state index is 9.22. The predicted molar refractivity (Wildman–Crippen MR) is 73.0 cm³/mol. The fraction of sp³-hybridized carbons (Fsp3) is 0.200. The van der Waals surface area contributed by atoms with Gasteiger partial charge in [0.2, 0.25) is 0 Å². The van der Waals surface area contributed by atoms with Crippen molar-refractivity contribution < 1.29 is 9.84 Å². The van der Waals surface area contributed by atoms with Gasteiger partial charge in [0.25, 0.3) is 0 Å². The monoisotopic (exact) mass is 262 g/mol. The van der Waals surface area contributed by atoms with Gasteiger partial charge in [0.15, 0.2) is 0 Å². The predicted octanol–water partition coefficient (Wildman–Crippen LogP) is 3.45. The Morgan fingerprint density at radius 2 is 1.83 bits per heavy atom. The van der Waals surface area contributed by atoms with Crippen LogP contribution in [0.2, 0.25) is 5.02 Å². The van der Waals surface area contributed by atoms with Gasteiger partial charge in [-0.2, -0.15) is 0 Å². The van der Waals surface area contributed by atoms with Crippen molar-refractivity contribution in [3.8, 4) is 5.75 Å². The van der Waals surface area contributed by atoms with Gasteiger partial charge in [-0.15, -0.1) is 0 Å². The van der Waals surface area contributed by atoms with Crippen LogP contribution in [-0.4, -0.2) is 11.7 Å². The first-order valence-electron chi connectivity index (χ1n) is 5.85. The van der Waals surface area contributed by atoms with Gasteiger partial charge in [-0.1, -0.05) is 41.9 Å². The Bertz CT molecular complexity index is 497. The fourth-order valence-corrected chi connectivity index (χ4v) is 1.93. The summed E-state index contributed by atoms with van der Waals surface area (Å²) < 4.78 is 5.67. The zero-order valence-electron chi connectivity index (χ0n) is 9.97. The van der Waals surface area contributed by atoms with Gasteiger partial charge in [-0.25, -0.2) is 0 Å². The van der Waals surface area contributed by atoms with Crippen molar-refractivity contribution >= 4 is 11.6 Å². The van der Waals surface area contributed by atoms with Gasteiger partial charge in [0, 0.05) is 17.0 Å². The Balaban J connectivity index is 1.94. The summed E-state index contributed by atoms with van der Waals surface area (Å²) in [5.74, 6) is 0.692. The third-order valence-corrected chi connectivity index (χ3v) is 2.92. The van der Waals surface area contributed by atoms with E-state index in [-0.39, 0.29) is 6.61 Å². The van der Waals surface area contributed by atoms with Crippen LogP contribution in [0.1, 0.15) is 11.1 Å². The minimum absolute atomic E-state index is 0.0682. The maximum absolute atomic E-state index is 9.22. The van der Waals surface area contributed by atoms with Crippen LogP contribution in [0.4, 0.5) is 0 Å². The van der Waals surface area contributed by atoms with Crippen molar-refractivity contribution in [2.45, 2.75) is 13.0 Å². The van der Waals surface area contributed by atoms with E-state index in [0.717, 1.165) is 12.0 Å². The second kappa shape index (κ2) is 6.43. The molecular weight excluding hydrogens is 248 g/mol. The lowest BCUT2D eigenvalue weighted by Gasteiger charge is -2.10. The Kier molecular flexibility index (Phi) is 4.62. The lowest BCUT2D eigenvalue weighted by Crippen LogP contribution is -2.03. The van der Waals surface area contributed by atoms with Crippen LogP contribution < -0.4 is 4.74 Å². The summed E-state index contributed by atoms with van der Waals surface area (Å²) in [7, 11) is 0. The van der Waals surface area contributed by atoms with E-state index in [1.807, 2.05) is 18.2 Å². The Hall–Kier alpha value is -1.51. The topological polar surface area (TPSA) is 29.5 Å². The molecule has 0 aliphatic heterocycles. The minimum atomic E-state index is -0.0682. The van der Waals surface area contributed by atoms with Gasteiger partial charge in [-0.3, -0.25) is 0 Å². The average molecular weight is 263 g/mol. The summed E-state index contributed by atoms with van der Waals surface area (Å²) >= 11 is 5.86. The number of ether oxygens (including phenoxy) is 1. The number of halogens is 1. The van der Waals surface area contributed by atoms with E-state index in [1.54, 1.807) is 18.2 Å². The molecule has 3 heteroatoms. The lowest BCUT2D eigenvalue weighted by atomic mass is 10.2. The summed E-state index contributed by atoms with van der Waals surface area (Å²) in [6.45, 7) is 0.514. The molecule has 0 saturated carbocycles. The van der Waals surface area contributed by atoms with E-state index in [0.29, 0.717) is 17.4 Å². The molecule has 0 aliphatic rings. The van der Waals surface area contributed by atoms with E-state index in [4.69, 9.17) is 16.3 Å². The van der Waals surface area contributed by atoms with Crippen molar-refractivity contribution in [1.82, 2.24) is 0 Å². The molecule has 2 aromatic carbocycles. The van der Waals surface area contributed by atoms with Crippen LogP contribution >= 0.6 is 11.6 Å². The molecule has 18 heavy (non-hydrogen) atoms. The van der Waals surface area contributed by atoms with Crippen molar-refractivity contribution in [3.63, 3.8) is 0 Å². The van der Waals surface area contributed by atoms with Gasteiger partial charge < -0.3 is 9.84 Å². The highest BCUT2D eigenvalue weighted by molar-refractivity contribution is 6.30. The molecular formula is C15H15ClO2. The summed E-state index contributed by atoms with van der Waals surface area (Å²) in [4.78, 5) is 0. The Labute approximate surface area is 112 Å². The molecule has 0 amide bonds. The highest BCUT2D eigenvalue weighted by Crippen LogP contribution is 2.23. The first-order chi connectivity index (χ1) is 8.79. The quantitative estimate of drug-likeness (QED) is 0.894. The molecule has 0 heterocycles. The molecule has 94 valence electrons. The molecule has 0 atom stereocenters. The van der Waals surface area contributed by atoms with Gasteiger partial charge >= 0.3 is 0 Å². The SMILES string of the molecule is OCc1cc(Cl)ccc1OCCc1ccccc1. The Morgan fingerprint density at radius 1 is 1.06 bits per heavy atom. The van der Waals surface area contributed by atoms with Crippen LogP contribution in [0.15, 0.2) is 48.5 Å². The summed E-state index contributed by atoms with van der Waals surface area (Å²) in [5, 5.41) is 9.83. The van der Waals surface area contributed by atoms with E-state index in [1.165, 1.54) is 5.56 Å². The van der Waals surface area contributed by atoms with E-state index >= 15 is 0 Å². The van der Waals surface area contributed by atoms with E-state index in [2.05, 4.69) is 12.1 Å². The summed E-state index contributed by atoms with van der Waals surface area (Å²) in [6.07, 6.45) is 0.842. The third-order valence-electron chi connectivity index (χ3n) is 2.68. The molecule has 0 radical (unpaired) electrons. The number of rotatable bonds is 5. The van der Waals surface area contributed by atoms with Crippen molar-refractivity contribution in [2.75, 3.05) is 6.61 Å². The maximum Gasteiger partial charge on any atom is 0.124 e. The van der Waals surface area contributed by atoms with Gasteiger partial charge in [0.05, 0.1) is 13.2 Å². The first kappa shape index (κ1) is 12.9. The molecule has 0 saturated heterocycles. The highest BCUT2D eigenvalue weighted by atomic mass is 35.5. The molecule has 0 bridgehead atoms. The normalized spacial score (nSPS) is 10.3. The molecule has 0 spiro atoms. The standard InChI is InChI=1S/C15H15ClO2/c16-14-6-7-15(13(10-14)11-17)18-9-8-12-4-2-1-3-5-12/h1-7,10,17H,8-9,11H2. The largest absolute Gasteiger partial charge is 0.493 e. The Morgan fingerprint density at radius 3 is 2.56 bits per heavy atom. The second-order valence-electron chi connectivity index (χ2n) is 3.99. The lowest BCUT2D eigenvalue weighted by molar-refractivity contribution is 0.264. The number of benzene rings is 2. The number of aliphatic hydroxyl groups is 1. The molecule has 2 aromatic rings. The molecule has 2 rings (SSSR count). The molecule has 0 fully saturated rings. The highest BCUT2D eigenvalue weighted by Gasteiger charge is 2.03. The van der Waals surface area contributed by atoms with Crippen LogP contribution in [0.5, 0.6) is 5.75 Å².